The molecule has 0 atom stereocenters. The smallest absolute Gasteiger partial charge is 0.201 e. The van der Waals surface area contributed by atoms with E-state index >= 15 is 0 Å². The van der Waals surface area contributed by atoms with Gasteiger partial charge in [0.25, 0.3) is 0 Å². The molecule has 0 bridgehead atoms. The second kappa shape index (κ2) is 5.93. The van der Waals surface area contributed by atoms with Crippen molar-refractivity contribution in [2.45, 2.75) is 25.8 Å². The van der Waals surface area contributed by atoms with Crippen molar-refractivity contribution in [2.24, 2.45) is 5.92 Å². The van der Waals surface area contributed by atoms with Crippen LogP contribution in [-0.4, -0.2) is 41.7 Å². The molecule has 2 heterocycles. The number of anilines is 1. The van der Waals surface area contributed by atoms with Gasteiger partial charge in [0, 0.05) is 6.54 Å². The number of nitrogens with zero attached hydrogens (tertiary/aromatic N) is 3. The van der Waals surface area contributed by atoms with Crippen LogP contribution >= 0.6 is 0 Å². The number of nitrogens with two attached hydrogens (primary N) is 1. The third-order valence-corrected chi connectivity index (χ3v) is 4.59. The molecule has 5 nitrogen and oxygen atoms in total. The molecule has 5 heteroatoms. The Kier molecular flexibility index (Phi) is 4.01. The van der Waals surface area contributed by atoms with E-state index in [0.717, 1.165) is 29.2 Å². The van der Waals surface area contributed by atoms with Crippen molar-refractivity contribution in [2.75, 3.05) is 33.0 Å². The Labute approximate surface area is 125 Å². The number of fused-ring (bicyclic) bond motifs is 1. The van der Waals surface area contributed by atoms with E-state index in [1.807, 2.05) is 12.1 Å². The van der Waals surface area contributed by atoms with Gasteiger partial charge in [0.2, 0.25) is 5.95 Å². The highest BCUT2D eigenvalue weighted by Crippen LogP contribution is 2.28. The molecule has 0 aliphatic carbocycles. The third-order valence-electron chi connectivity index (χ3n) is 4.59. The zero-order chi connectivity index (χ0) is 14.8. The maximum absolute atomic E-state index is 6.10. The SMILES string of the molecule is COc1cccc2c1nc(N)n2CCC1CCN(C)CC1. The molecule has 0 radical (unpaired) electrons. The van der Waals surface area contributed by atoms with Gasteiger partial charge in [-0.15, -0.1) is 0 Å². The van der Waals surface area contributed by atoms with Gasteiger partial charge in [0.05, 0.1) is 12.6 Å². The number of para-hydroxylation sites is 1. The van der Waals surface area contributed by atoms with Gasteiger partial charge in [-0.2, -0.15) is 0 Å². The molecule has 114 valence electrons. The fourth-order valence-corrected chi connectivity index (χ4v) is 3.20. The van der Waals surface area contributed by atoms with E-state index in [0.29, 0.717) is 5.95 Å². The van der Waals surface area contributed by atoms with Crippen molar-refractivity contribution in [3.63, 3.8) is 0 Å². The summed E-state index contributed by atoms with van der Waals surface area (Å²) in [7, 11) is 3.87. The van der Waals surface area contributed by atoms with Crippen LogP contribution in [0.3, 0.4) is 0 Å². The Morgan fingerprint density at radius 3 is 2.81 bits per heavy atom. The number of rotatable bonds is 4. The molecule has 3 rings (SSSR count). The number of imidazole rings is 1. The lowest BCUT2D eigenvalue weighted by atomic mass is 9.94. The van der Waals surface area contributed by atoms with E-state index < -0.39 is 0 Å². The number of aromatic nitrogens is 2. The molecule has 1 aliphatic heterocycles. The molecule has 0 saturated carbocycles. The first-order valence-corrected chi connectivity index (χ1v) is 7.66. The number of nitrogen functional groups attached to an aromatic ring is 1. The normalized spacial score (nSPS) is 17.4. The third kappa shape index (κ3) is 2.83. The van der Waals surface area contributed by atoms with Gasteiger partial charge in [-0.1, -0.05) is 6.07 Å². The second-order valence-corrected chi connectivity index (χ2v) is 5.98. The number of likely N-dealkylation sites (tertiary alicyclic amines) is 1. The fourth-order valence-electron chi connectivity index (χ4n) is 3.20. The summed E-state index contributed by atoms with van der Waals surface area (Å²) in [5.41, 5.74) is 8.03. The lowest BCUT2D eigenvalue weighted by Gasteiger charge is -2.29. The molecular formula is C16H24N4O. The summed E-state index contributed by atoms with van der Waals surface area (Å²) in [6.07, 6.45) is 3.74. The Morgan fingerprint density at radius 1 is 1.33 bits per heavy atom. The van der Waals surface area contributed by atoms with E-state index in [1.165, 1.54) is 32.4 Å². The average molecular weight is 288 g/mol. The molecule has 2 aromatic rings. The molecule has 1 fully saturated rings. The molecule has 1 saturated heterocycles. The number of hydrogen-bond donors (Lipinski definition) is 1. The van der Waals surface area contributed by atoms with Crippen molar-refractivity contribution in [3.8, 4) is 5.75 Å². The van der Waals surface area contributed by atoms with Crippen LogP contribution in [0.1, 0.15) is 19.3 Å². The van der Waals surface area contributed by atoms with E-state index in [9.17, 15) is 0 Å². The zero-order valence-electron chi connectivity index (χ0n) is 12.9. The maximum Gasteiger partial charge on any atom is 0.201 e. The summed E-state index contributed by atoms with van der Waals surface area (Å²) in [6.45, 7) is 3.35. The highest BCUT2D eigenvalue weighted by molar-refractivity contribution is 5.84. The van der Waals surface area contributed by atoms with Crippen LogP contribution in [0.5, 0.6) is 5.75 Å². The molecule has 0 spiro atoms. The van der Waals surface area contributed by atoms with E-state index in [1.54, 1.807) is 7.11 Å². The summed E-state index contributed by atoms with van der Waals surface area (Å²) in [4.78, 5) is 6.87. The lowest BCUT2D eigenvalue weighted by Crippen LogP contribution is -2.30. The molecule has 0 amide bonds. The first-order valence-electron chi connectivity index (χ1n) is 7.66. The van der Waals surface area contributed by atoms with Gasteiger partial charge in [0.1, 0.15) is 11.3 Å². The molecule has 1 aromatic heterocycles. The van der Waals surface area contributed by atoms with Crippen LogP contribution in [0, 0.1) is 5.92 Å². The lowest BCUT2D eigenvalue weighted by molar-refractivity contribution is 0.208. The number of piperidine rings is 1. The molecule has 21 heavy (non-hydrogen) atoms. The highest BCUT2D eigenvalue weighted by Gasteiger charge is 2.18. The quantitative estimate of drug-likeness (QED) is 0.938. The predicted molar refractivity (Wildman–Crippen MR) is 85.5 cm³/mol. The first kappa shape index (κ1) is 14.2. The molecular weight excluding hydrogens is 264 g/mol. The second-order valence-electron chi connectivity index (χ2n) is 5.98. The van der Waals surface area contributed by atoms with Crippen LogP contribution < -0.4 is 10.5 Å². The monoisotopic (exact) mass is 288 g/mol. The van der Waals surface area contributed by atoms with Crippen LogP contribution in [0.25, 0.3) is 11.0 Å². The largest absolute Gasteiger partial charge is 0.494 e. The number of hydrogen-bond acceptors (Lipinski definition) is 4. The van der Waals surface area contributed by atoms with Crippen molar-refractivity contribution in [3.05, 3.63) is 18.2 Å². The Bertz CT molecular complexity index is 614. The van der Waals surface area contributed by atoms with Crippen molar-refractivity contribution in [1.29, 1.82) is 0 Å². The molecule has 0 unspecified atom stereocenters. The summed E-state index contributed by atoms with van der Waals surface area (Å²) in [6, 6.07) is 5.99. The average Bonchev–Trinajstić information content (AvgIpc) is 2.82. The van der Waals surface area contributed by atoms with Crippen LogP contribution in [0.4, 0.5) is 5.95 Å². The zero-order valence-corrected chi connectivity index (χ0v) is 12.9. The minimum absolute atomic E-state index is 0.586. The molecule has 1 aromatic carbocycles. The van der Waals surface area contributed by atoms with Gasteiger partial charge in [-0.3, -0.25) is 0 Å². The van der Waals surface area contributed by atoms with Gasteiger partial charge in [-0.05, 0) is 57.5 Å². The van der Waals surface area contributed by atoms with Crippen LogP contribution in [-0.2, 0) is 6.54 Å². The number of ether oxygens (including phenoxy) is 1. The standard InChI is InChI=1S/C16H24N4O/c1-19-9-6-12(7-10-19)8-11-20-13-4-3-5-14(21-2)15(13)18-16(20)17/h3-5,12H,6-11H2,1-2H3,(H2,17,18). The summed E-state index contributed by atoms with van der Waals surface area (Å²) < 4.78 is 7.49. The minimum Gasteiger partial charge on any atom is -0.494 e. The van der Waals surface area contributed by atoms with Gasteiger partial charge >= 0.3 is 0 Å². The maximum atomic E-state index is 6.10. The fraction of sp³-hybridized carbons (Fsp3) is 0.562. The van der Waals surface area contributed by atoms with Crippen LogP contribution in [0.2, 0.25) is 0 Å². The Hall–Kier alpha value is -1.75. The van der Waals surface area contributed by atoms with Gasteiger partial charge in [-0.25, -0.2) is 4.98 Å². The van der Waals surface area contributed by atoms with Crippen molar-refractivity contribution in [1.82, 2.24) is 14.5 Å². The molecule has 2 N–H and O–H groups in total. The van der Waals surface area contributed by atoms with Gasteiger partial charge < -0.3 is 19.9 Å². The number of methoxy groups -OCH3 is 1. The Balaban J connectivity index is 1.76. The predicted octanol–water partition coefficient (Wildman–Crippen LogP) is 2.36. The van der Waals surface area contributed by atoms with E-state index in [-0.39, 0.29) is 0 Å². The first-order chi connectivity index (χ1) is 10.2. The van der Waals surface area contributed by atoms with E-state index in [2.05, 4.69) is 27.6 Å². The Morgan fingerprint density at radius 2 is 2.10 bits per heavy atom. The number of benzene rings is 1. The van der Waals surface area contributed by atoms with Crippen molar-refractivity contribution >= 4 is 17.0 Å². The van der Waals surface area contributed by atoms with Gasteiger partial charge in [0.15, 0.2) is 0 Å². The number of aryl methyl sites for hydroxylation is 1. The summed E-state index contributed by atoms with van der Waals surface area (Å²) in [5.74, 6) is 2.17. The van der Waals surface area contributed by atoms with E-state index in [4.69, 9.17) is 10.5 Å². The van der Waals surface area contributed by atoms with Crippen molar-refractivity contribution < 1.29 is 4.74 Å². The topological polar surface area (TPSA) is 56.3 Å². The molecule has 1 aliphatic rings. The summed E-state index contributed by atoms with van der Waals surface area (Å²) in [5, 5.41) is 0. The van der Waals surface area contributed by atoms with Crippen LogP contribution in [0.15, 0.2) is 18.2 Å². The summed E-state index contributed by atoms with van der Waals surface area (Å²) >= 11 is 0. The minimum atomic E-state index is 0.586. The highest BCUT2D eigenvalue weighted by atomic mass is 16.5.